The zero-order chi connectivity index (χ0) is 11.5. The summed E-state index contributed by atoms with van der Waals surface area (Å²) >= 11 is 1.19. The van der Waals surface area contributed by atoms with Gasteiger partial charge in [-0.3, -0.25) is 4.79 Å². The van der Waals surface area contributed by atoms with Gasteiger partial charge in [-0.2, -0.15) is 0 Å². The molecular weight excluding hydrogens is 224 g/mol. The van der Waals surface area contributed by atoms with Gasteiger partial charge in [0.2, 0.25) is 0 Å². The zero-order valence-corrected chi connectivity index (χ0v) is 9.03. The van der Waals surface area contributed by atoms with Crippen molar-refractivity contribution in [1.29, 1.82) is 0 Å². The van der Waals surface area contributed by atoms with Gasteiger partial charge < -0.3 is 5.11 Å². The van der Waals surface area contributed by atoms with Crippen molar-refractivity contribution in [1.82, 2.24) is 0 Å². The molecule has 0 aliphatic rings. The summed E-state index contributed by atoms with van der Waals surface area (Å²) in [5, 5.41) is 10.7. The molecule has 0 atom stereocenters. The van der Waals surface area contributed by atoms with Crippen LogP contribution in [0.3, 0.4) is 0 Å². The highest BCUT2D eigenvalue weighted by molar-refractivity contribution is 7.12. The quantitative estimate of drug-likeness (QED) is 0.828. The van der Waals surface area contributed by atoms with E-state index in [4.69, 9.17) is 5.11 Å². The fraction of sp³-hybridized carbons (Fsp3) is 0. The minimum absolute atomic E-state index is 0.318. The van der Waals surface area contributed by atoms with E-state index in [0.29, 0.717) is 16.0 Å². The smallest absolute Gasteiger partial charge is 0.346 e. The number of thiophene rings is 1. The molecular formula is C12H8O3S. The molecule has 0 aliphatic carbocycles. The van der Waals surface area contributed by atoms with Crippen molar-refractivity contribution >= 4 is 23.6 Å². The van der Waals surface area contributed by atoms with Gasteiger partial charge in [0.15, 0.2) is 0 Å². The van der Waals surface area contributed by atoms with Crippen LogP contribution < -0.4 is 0 Å². The number of benzene rings is 1. The highest BCUT2D eigenvalue weighted by atomic mass is 32.1. The van der Waals surface area contributed by atoms with Crippen LogP contribution in [0.1, 0.15) is 20.0 Å². The standard InChI is InChI=1S/C12H8O3S/c13-7-8-1-3-9(4-2-8)10-5-6-16-11(10)12(14)15/h1-7H,(H,14,15). The van der Waals surface area contributed by atoms with Crippen LogP contribution >= 0.6 is 11.3 Å². The molecule has 0 saturated heterocycles. The Morgan fingerprint density at radius 2 is 1.88 bits per heavy atom. The number of hydrogen-bond donors (Lipinski definition) is 1. The maximum absolute atomic E-state index is 10.9. The summed E-state index contributed by atoms with van der Waals surface area (Å²) in [4.78, 5) is 21.7. The first-order valence-electron chi connectivity index (χ1n) is 4.59. The molecule has 4 heteroatoms. The molecule has 3 nitrogen and oxygen atoms in total. The van der Waals surface area contributed by atoms with Crippen molar-refractivity contribution in [2.75, 3.05) is 0 Å². The second kappa shape index (κ2) is 4.28. The fourth-order valence-corrected chi connectivity index (χ4v) is 2.20. The number of aromatic carboxylic acids is 1. The lowest BCUT2D eigenvalue weighted by Gasteiger charge is -2.00. The van der Waals surface area contributed by atoms with E-state index < -0.39 is 5.97 Å². The van der Waals surface area contributed by atoms with Gasteiger partial charge in [0.1, 0.15) is 11.2 Å². The molecule has 2 aromatic rings. The van der Waals surface area contributed by atoms with E-state index in [-0.39, 0.29) is 0 Å². The molecule has 0 saturated carbocycles. The maximum Gasteiger partial charge on any atom is 0.346 e. The summed E-state index contributed by atoms with van der Waals surface area (Å²) in [5.41, 5.74) is 2.08. The van der Waals surface area contributed by atoms with E-state index in [2.05, 4.69) is 0 Å². The van der Waals surface area contributed by atoms with Gasteiger partial charge in [-0.25, -0.2) is 4.79 Å². The Bertz CT molecular complexity index is 525. The number of carboxylic acids is 1. The molecule has 0 aliphatic heterocycles. The second-order valence-corrected chi connectivity index (χ2v) is 4.12. The van der Waals surface area contributed by atoms with E-state index in [0.717, 1.165) is 11.8 Å². The number of carboxylic acid groups (broad SMARTS) is 1. The molecule has 0 spiro atoms. The Balaban J connectivity index is 2.46. The van der Waals surface area contributed by atoms with Gasteiger partial charge in [0, 0.05) is 11.1 Å². The van der Waals surface area contributed by atoms with Gasteiger partial charge >= 0.3 is 5.97 Å². The van der Waals surface area contributed by atoms with Crippen molar-refractivity contribution in [3.63, 3.8) is 0 Å². The first-order chi connectivity index (χ1) is 7.72. The maximum atomic E-state index is 10.9. The Morgan fingerprint density at radius 1 is 1.19 bits per heavy atom. The number of carbonyl (C=O) groups excluding carboxylic acids is 1. The topological polar surface area (TPSA) is 54.4 Å². The second-order valence-electron chi connectivity index (χ2n) is 3.21. The number of rotatable bonds is 3. The number of hydrogen-bond acceptors (Lipinski definition) is 3. The van der Waals surface area contributed by atoms with Crippen LogP contribution in [0.5, 0.6) is 0 Å². The Morgan fingerprint density at radius 3 is 2.44 bits per heavy atom. The van der Waals surface area contributed by atoms with Crippen molar-refractivity contribution in [3.8, 4) is 11.1 Å². The van der Waals surface area contributed by atoms with Gasteiger partial charge in [0.25, 0.3) is 0 Å². The summed E-state index contributed by atoms with van der Waals surface area (Å²) in [7, 11) is 0. The Labute approximate surface area is 96.0 Å². The van der Waals surface area contributed by atoms with Crippen molar-refractivity contribution in [3.05, 3.63) is 46.2 Å². The van der Waals surface area contributed by atoms with Crippen molar-refractivity contribution in [2.45, 2.75) is 0 Å². The fourth-order valence-electron chi connectivity index (χ4n) is 1.44. The van der Waals surface area contributed by atoms with Crippen LogP contribution in [0.2, 0.25) is 0 Å². The highest BCUT2D eigenvalue weighted by Crippen LogP contribution is 2.28. The molecule has 2 rings (SSSR count). The summed E-state index contributed by atoms with van der Waals surface area (Å²) in [5.74, 6) is -0.926. The van der Waals surface area contributed by atoms with Gasteiger partial charge in [0.05, 0.1) is 0 Å². The first kappa shape index (κ1) is 10.6. The molecule has 1 aromatic heterocycles. The number of aldehydes is 1. The highest BCUT2D eigenvalue weighted by Gasteiger charge is 2.12. The lowest BCUT2D eigenvalue weighted by molar-refractivity contribution is 0.0703. The molecule has 0 bridgehead atoms. The molecule has 0 unspecified atom stereocenters. The molecule has 16 heavy (non-hydrogen) atoms. The van der Waals surface area contributed by atoms with E-state index >= 15 is 0 Å². The average Bonchev–Trinajstić information content (AvgIpc) is 2.78. The molecule has 80 valence electrons. The third kappa shape index (κ3) is 1.87. The SMILES string of the molecule is O=Cc1ccc(-c2ccsc2C(=O)O)cc1. The van der Waals surface area contributed by atoms with Crippen molar-refractivity contribution < 1.29 is 14.7 Å². The van der Waals surface area contributed by atoms with Crippen LogP contribution in [0.4, 0.5) is 0 Å². The van der Waals surface area contributed by atoms with E-state index in [1.165, 1.54) is 11.3 Å². The molecule has 1 N–H and O–H groups in total. The van der Waals surface area contributed by atoms with E-state index in [1.807, 2.05) is 0 Å². The third-order valence-electron chi connectivity index (χ3n) is 2.22. The predicted octanol–water partition coefficient (Wildman–Crippen LogP) is 2.93. The Hall–Kier alpha value is -1.94. The molecule has 1 heterocycles. The van der Waals surface area contributed by atoms with Gasteiger partial charge in [-0.1, -0.05) is 24.3 Å². The summed E-state index contributed by atoms with van der Waals surface area (Å²) in [6.45, 7) is 0. The normalized spacial score (nSPS) is 10.0. The average molecular weight is 232 g/mol. The predicted molar refractivity (Wildman–Crippen MR) is 62.1 cm³/mol. The minimum Gasteiger partial charge on any atom is -0.477 e. The van der Waals surface area contributed by atoms with E-state index in [9.17, 15) is 9.59 Å². The van der Waals surface area contributed by atoms with Gasteiger partial charge in [-0.05, 0) is 17.0 Å². The lowest BCUT2D eigenvalue weighted by Crippen LogP contribution is -1.94. The molecule has 0 fully saturated rings. The monoisotopic (exact) mass is 232 g/mol. The third-order valence-corrected chi connectivity index (χ3v) is 3.12. The van der Waals surface area contributed by atoms with Crippen LogP contribution in [-0.4, -0.2) is 17.4 Å². The van der Waals surface area contributed by atoms with Gasteiger partial charge in [-0.15, -0.1) is 11.3 Å². The largest absolute Gasteiger partial charge is 0.477 e. The molecule has 0 radical (unpaired) electrons. The lowest BCUT2D eigenvalue weighted by atomic mass is 10.1. The molecule has 1 aromatic carbocycles. The number of carbonyl (C=O) groups is 2. The summed E-state index contributed by atoms with van der Waals surface area (Å²) in [6.07, 6.45) is 0.759. The Kier molecular flexibility index (Phi) is 2.83. The van der Waals surface area contributed by atoms with Crippen LogP contribution in [0.15, 0.2) is 35.7 Å². The minimum atomic E-state index is -0.926. The van der Waals surface area contributed by atoms with E-state index in [1.54, 1.807) is 35.7 Å². The van der Waals surface area contributed by atoms with Crippen LogP contribution in [0.25, 0.3) is 11.1 Å². The van der Waals surface area contributed by atoms with Crippen LogP contribution in [-0.2, 0) is 0 Å². The first-order valence-corrected chi connectivity index (χ1v) is 5.46. The summed E-state index contributed by atoms with van der Waals surface area (Å²) in [6, 6.07) is 8.61. The molecule has 0 amide bonds. The summed E-state index contributed by atoms with van der Waals surface area (Å²) < 4.78 is 0. The van der Waals surface area contributed by atoms with Crippen molar-refractivity contribution in [2.24, 2.45) is 0 Å². The van der Waals surface area contributed by atoms with Crippen LogP contribution in [0, 0.1) is 0 Å². The zero-order valence-electron chi connectivity index (χ0n) is 8.21.